The molecule has 0 radical (unpaired) electrons. The van der Waals surface area contributed by atoms with Gasteiger partial charge >= 0.3 is 0 Å². The van der Waals surface area contributed by atoms with E-state index in [1.165, 1.54) is 24.8 Å². The van der Waals surface area contributed by atoms with Gasteiger partial charge in [-0.1, -0.05) is 68.7 Å². The van der Waals surface area contributed by atoms with Gasteiger partial charge in [-0.25, -0.2) is 0 Å². The van der Waals surface area contributed by atoms with Crippen LogP contribution in [0.25, 0.3) is 10.8 Å². The number of ether oxygens (including phenoxy) is 1. The van der Waals surface area contributed by atoms with E-state index in [0.29, 0.717) is 17.6 Å². The largest absolute Gasteiger partial charge is 0.508 e. The topological polar surface area (TPSA) is 41.5 Å². The number of phenolic OH excluding ortho intramolecular Hbond substituents is 1. The zero-order valence-corrected chi connectivity index (χ0v) is 18.2. The molecule has 2 N–H and O–H groups in total. The van der Waals surface area contributed by atoms with E-state index in [1.54, 1.807) is 0 Å². The number of aromatic hydroxyl groups is 1. The molecule has 1 aliphatic carbocycles. The Morgan fingerprint density at radius 3 is 2.84 bits per heavy atom. The Bertz CT molecular complexity index is 1100. The molecule has 1 aliphatic heterocycles. The van der Waals surface area contributed by atoms with Crippen molar-refractivity contribution in [3.05, 3.63) is 77.9 Å². The van der Waals surface area contributed by atoms with E-state index in [1.807, 2.05) is 12.1 Å². The third-order valence-corrected chi connectivity index (χ3v) is 6.86. The summed E-state index contributed by atoms with van der Waals surface area (Å²) in [6.07, 6.45) is 10.5. The van der Waals surface area contributed by atoms with Gasteiger partial charge < -0.3 is 15.2 Å². The van der Waals surface area contributed by atoms with Crippen molar-refractivity contribution in [3.63, 3.8) is 0 Å². The molecule has 0 aromatic heterocycles. The van der Waals surface area contributed by atoms with Crippen LogP contribution in [0.1, 0.15) is 62.1 Å². The summed E-state index contributed by atoms with van der Waals surface area (Å²) in [5, 5.41) is 16.9. The lowest BCUT2D eigenvalue weighted by molar-refractivity contribution is 0.304. The molecule has 3 nitrogen and oxygen atoms in total. The number of hydrogen-bond donors (Lipinski definition) is 2. The summed E-state index contributed by atoms with van der Waals surface area (Å²) < 4.78 is 6.06. The third kappa shape index (κ3) is 3.78. The van der Waals surface area contributed by atoms with Crippen LogP contribution in [0.2, 0.25) is 0 Å². The molecule has 0 bridgehead atoms. The van der Waals surface area contributed by atoms with Crippen molar-refractivity contribution >= 4 is 16.5 Å². The van der Waals surface area contributed by atoms with Gasteiger partial charge in [-0.3, -0.25) is 0 Å². The van der Waals surface area contributed by atoms with Crippen LogP contribution in [0.15, 0.2) is 66.7 Å². The second-order valence-corrected chi connectivity index (χ2v) is 8.85. The molecule has 3 heteroatoms. The maximum absolute atomic E-state index is 10.9. The molecular formula is C28H31NO2. The lowest BCUT2D eigenvalue weighted by Crippen LogP contribution is -2.29. The van der Waals surface area contributed by atoms with Crippen LogP contribution < -0.4 is 10.1 Å². The van der Waals surface area contributed by atoms with Crippen molar-refractivity contribution in [3.8, 4) is 11.5 Å². The number of phenols is 1. The van der Waals surface area contributed by atoms with E-state index in [4.69, 9.17) is 4.74 Å². The minimum atomic E-state index is 0.0689. The number of unbranched alkanes of at least 4 members (excludes halogenated alkanes) is 3. The van der Waals surface area contributed by atoms with Crippen molar-refractivity contribution in [2.24, 2.45) is 5.92 Å². The lowest BCUT2D eigenvalue weighted by atomic mass is 9.76. The number of nitrogens with one attached hydrogen (secondary N) is 1. The van der Waals surface area contributed by atoms with E-state index in [2.05, 4.69) is 66.9 Å². The van der Waals surface area contributed by atoms with Gasteiger partial charge in [-0.2, -0.15) is 0 Å². The molecule has 2 aliphatic rings. The lowest BCUT2D eigenvalue weighted by Gasteiger charge is -2.38. The minimum Gasteiger partial charge on any atom is -0.508 e. The highest BCUT2D eigenvalue weighted by molar-refractivity contribution is 5.89. The summed E-state index contributed by atoms with van der Waals surface area (Å²) in [4.78, 5) is 0. The van der Waals surface area contributed by atoms with E-state index < -0.39 is 0 Å². The molecule has 0 saturated carbocycles. The molecule has 0 saturated heterocycles. The van der Waals surface area contributed by atoms with Crippen molar-refractivity contribution in [2.45, 2.75) is 51.0 Å². The molecule has 0 amide bonds. The molecule has 5 rings (SSSR count). The molecule has 3 unspecified atom stereocenters. The molecular weight excluding hydrogens is 382 g/mol. The first-order chi connectivity index (χ1) is 15.3. The third-order valence-electron chi connectivity index (χ3n) is 6.86. The summed E-state index contributed by atoms with van der Waals surface area (Å²) in [5.74, 6) is 2.05. The highest BCUT2D eigenvalue weighted by Gasteiger charge is 2.39. The Kier molecular flexibility index (Phi) is 5.59. The Morgan fingerprint density at radius 1 is 1.03 bits per heavy atom. The van der Waals surface area contributed by atoms with Gasteiger partial charge in [0, 0.05) is 17.2 Å². The van der Waals surface area contributed by atoms with E-state index in [9.17, 15) is 5.11 Å². The van der Waals surface area contributed by atoms with Crippen molar-refractivity contribution in [1.82, 2.24) is 0 Å². The molecule has 3 aromatic carbocycles. The number of rotatable bonds is 7. The monoisotopic (exact) mass is 413 g/mol. The van der Waals surface area contributed by atoms with Crippen molar-refractivity contribution in [2.75, 3.05) is 11.9 Å². The van der Waals surface area contributed by atoms with Gasteiger partial charge in [-0.15, -0.1) is 0 Å². The first kappa shape index (κ1) is 20.0. The fourth-order valence-corrected chi connectivity index (χ4v) is 5.28. The molecule has 3 aromatic rings. The van der Waals surface area contributed by atoms with Crippen LogP contribution in [0.5, 0.6) is 11.5 Å². The van der Waals surface area contributed by atoms with E-state index in [0.717, 1.165) is 47.2 Å². The van der Waals surface area contributed by atoms with Gasteiger partial charge in [0.25, 0.3) is 0 Å². The Morgan fingerprint density at radius 2 is 1.94 bits per heavy atom. The molecule has 3 atom stereocenters. The number of fused-ring (bicyclic) bond motifs is 4. The van der Waals surface area contributed by atoms with E-state index >= 15 is 0 Å². The van der Waals surface area contributed by atoms with Crippen LogP contribution in [0.4, 0.5) is 5.69 Å². The second-order valence-electron chi connectivity index (χ2n) is 8.85. The SMILES string of the molecule is CCCCCCOc1ccc2c(c1)C1C=CCC1C(c1c(O)ccc3ccccc13)N2. The van der Waals surface area contributed by atoms with Crippen molar-refractivity contribution < 1.29 is 9.84 Å². The minimum absolute atomic E-state index is 0.0689. The van der Waals surface area contributed by atoms with Crippen LogP contribution in [-0.2, 0) is 0 Å². The normalized spacial score (nSPS) is 21.5. The maximum Gasteiger partial charge on any atom is 0.121 e. The first-order valence-electron chi connectivity index (χ1n) is 11.7. The number of allylic oxidation sites excluding steroid dienone is 2. The number of anilines is 1. The average molecular weight is 414 g/mol. The predicted octanol–water partition coefficient (Wildman–Crippen LogP) is 7.33. The van der Waals surface area contributed by atoms with Crippen LogP contribution in [-0.4, -0.2) is 11.7 Å². The highest BCUT2D eigenvalue weighted by atomic mass is 16.5. The summed E-state index contributed by atoms with van der Waals surface area (Å²) in [6, 6.07) is 18.7. The zero-order chi connectivity index (χ0) is 21.2. The number of benzene rings is 3. The predicted molar refractivity (Wildman–Crippen MR) is 128 cm³/mol. The van der Waals surface area contributed by atoms with Crippen LogP contribution in [0.3, 0.4) is 0 Å². The molecule has 0 fully saturated rings. The maximum atomic E-state index is 10.9. The fraction of sp³-hybridized carbons (Fsp3) is 0.357. The van der Waals surface area contributed by atoms with Crippen LogP contribution in [0, 0.1) is 5.92 Å². The smallest absolute Gasteiger partial charge is 0.121 e. The van der Waals surface area contributed by atoms with Gasteiger partial charge in [0.1, 0.15) is 11.5 Å². The quantitative estimate of drug-likeness (QED) is 0.315. The molecule has 0 spiro atoms. The van der Waals surface area contributed by atoms with E-state index in [-0.39, 0.29) is 6.04 Å². The number of hydrogen-bond acceptors (Lipinski definition) is 3. The zero-order valence-electron chi connectivity index (χ0n) is 18.2. The van der Waals surface area contributed by atoms with Gasteiger partial charge in [0.2, 0.25) is 0 Å². The highest BCUT2D eigenvalue weighted by Crippen LogP contribution is 2.52. The Hall–Kier alpha value is -2.94. The van der Waals surface area contributed by atoms with Gasteiger partial charge in [-0.05, 0) is 59.4 Å². The fourth-order valence-electron chi connectivity index (χ4n) is 5.28. The molecule has 1 heterocycles. The average Bonchev–Trinajstić information content (AvgIpc) is 3.29. The summed E-state index contributed by atoms with van der Waals surface area (Å²) in [5.41, 5.74) is 3.46. The van der Waals surface area contributed by atoms with Gasteiger partial charge in [0.05, 0.1) is 12.6 Å². The Labute approximate surface area is 184 Å². The summed E-state index contributed by atoms with van der Waals surface area (Å²) in [7, 11) is 0. The summed E-state index contributed by atoms with van der Waals surface area (Å²) >= 11 is 0. The second kappa shape index (κ2) is 8.66. The van der Waals surface area contributed by atoms with Crippen LogP contribution >= 0.6 is 0 Å². The molecule has 160 valence electrons. The molecule has 31 heavy (non-hydrogen) atoms. The first-order valence-corrected chi connectivity index (χ1v) is 11.7. The Balaban J connectivity index is 1.45. The van der Waals surface area contributed by atoms with Gasteiger partial charge in [0.15, 0.2) is 0 Å². The van der Waals surface area contributed by atoms with Crippen molar-refractivity contribution in [1.29, 1.82) is 0 Å². The standard InChI is InChI=1S/C28H31NO2/c1-2-3-4-7-17-31-20-14-15-25-24(18-20)22-11-8-12-23(22)28(29-25)27-21-10-6-5-9-19(21)13-16-26(27)30/h5-6,8-11,13-16,18,22-23,28-30H,2-4,7,12,17H2,1H3. The summed E-state index contributed by atoms with van der Waals surface area (Å²) in [6.45, 7) is 3.01.